The third-order valence-corrected chi connectivity index (χ3v) is 3.12. The van der Waals surface area contributed by atoms with Gasteiger partial charge in [0, 0.05) is 31.0 Å². The van der Waals surface area contributed by atoms with Crippen LogP contribution >= 0.6 is 11.8 Å². The number of hydrogen-bond donors (Lipinski definition) is 1. The zero-order chi connectivity index (χ0) is 11.7. The number of nitrogens with zero attached hydrogens (tertiary/aromatic N) is 2. The van der Waals surface area contributed by atoms with Gasteiger partial charge < -0.3 is 10.0 Å². The van der Waals surface area contributed by atoms with Crippen molar-refractivity contribution >= 4 is 17.7 Å². The lowest BCUT2D eigenvalue weighted by atomic mass is 10.3. The highest BCUT2D eigenvalue weighted by Crippen LogP contribution is 2.11. The topological polar surface area (TPSA) is 64.3 Å². The van der Waals surface area contributed by atoms with Gasteiger partial charge in [0.1, 0.15) is 0 Å². The molecule has 0 aliphatic carbocycles. The van der Waals surface area contributed by atoms with Crippen LogP contribution in [0, 0.1) is 11.3 Å². The molecule has 0 aromatic heterocycles. The van der Waals surface area contributed by atoms with E-state index in [-0.39, 0.29) is 17.8 Å². The first-order valence-electron chi connectivity index (χ1n) is 4.95. The minimum Gasteiger partial charge on any atom is -0.395 e. The van der Waals surface area contributed by atoms with Crippen molar-refractivity contribution in [2.75, 3.05) is 26.0 Å². The Morgan fingerprint density at radius 2 is 2.33 bits per heavy atom. The third-order valence-electron chi connectivity index (χ3n) is 1.96. The monoisotopic (exact) mass is 230 g/mol. The van der Waals surface area contributed by atoms with Crippen LogP contribution in [0.15, 0.2) is 0 Å². The standard InChI is InChI=1S/C10H18N2O2S/c1-9(8-13)15-7-4-10(14)12(2)6-3-5-11/h9,13H,3-4,6-8H2,1-2H3. The number of thioether (sulfide) groups is 1. The molecular formula is C10H18N2O2S. The van der Waals surface area contributed by atoms with Crippen molar-refractivity contribution in [1.82, 2.24) is 4.90 Å². The fourth-order valence-corrected chi connectivity index (χ4v) is 1.73. The van der Waals surface area contributed by atoms with Crippen LogP contribution in [-0.2, 0) is 4.79 Å². The summed E-state index contributed by atoms with van der Waals surface area (Å²) in [4.78, 5) is 13.0. The Kier molecular flexibility index (Phi) is 8.15. The Balaban J connectivity index is 3.60. The van der Waals surface area contributed by atoms with E-state index in [0.717, 1.165) is 5.75 Å². The lowest BCUT2D eigenvalue weighted by Gasteiger charge is -2.15. The second-order valence-electron chi connectivity index (χ2n) is 3.34. The largest absolute Gasteiger partial charge is 0.395 e. The first-order valence-corrected chi connectivity index (χ1v) is 6.00. The second kappa shape index (κ2) is 8.57. The molecule has 0 saturated carbocycles. The molecule has 5 heteroatoms. The summed E-state index contributed by atoms with van der Waals surface area (Å²) in [6, 6.07) is 2.00. The SMILES string of the molecule is CC(CO)SCCC(=O)N(C)CCC#N. The van der Waals surface area contributed by atoms with E-state index in [1.165, 1.54) is 0 Å². The molecule has 0 aliphatic rings. The number of carbonyl (C=O) groups excluding carboxylic acids is 1. The molecule has 0 saturated heterocycles. The van der Waals surface area contributed by atoms with Gasteiger partial charge in [0.25, 0.3) is 0 Å². The summed E-state index contributed by atoms with van der Waals surface area (Å²) in [7, 11) is 1.71. The number of aliphatic hydroxyl groups excluding tert-OH is 1. The molecule has 15 heavy (non-hydrogen) atoms. The molecule has 0 bridgehead atoms. The minimum absolute atomic E-state index is 0.0582. The van der Waals surface area contributed by atoms with E-state index in [0.29, 0.717) is 19.4 Å². The van der Waals surface area contributed by atoms with Crippen molar-refractivity contribution in [2.24, 2.45) is 0 Å². The van der Waals surface area contributed by atoms with E-state index in [1.807, 2.05) is 13.0 Å². The molecule has 0 heterocycles. The van der Waals surface area contributed by atoms with Crippen molar-refractivity contribution < 1.29 is 9.90 Å². The number of hydrogen-bond acceptors (Lipinski definition) is 4. The number of rotatable bonds is 7. The summed E-state index contributed by atoms with van der Waals surface area (Å²) < 4.78 is 0. The van der Waals surface area contributed by atoms with E-state index >= 15 is 0 Å². The van der Waals surface area contributed by atoms with Crippen LogP contribution in [-0.4, -0.2) is 47.1 Å². The number of nitriles is 1. The molecule has 1 amide bonds. The van der Waals surface area contributed by atoms with Gasteiger partial charge in [-0.25, -0.2) is 0 Å². The van der Waals surface area contributed by atoms with Crippen molar-refractivity contribution in [1.29, 1.82) is 5.26 Å². The van der Waals surface area contributed by atoms with Crippen molar-refractivity contribution in [2.45, 2.75) is 25.0 Å². The number of carbonyl (C=O) groups is 1. The smallest absolute Gasteiger partial charge is 0.223 e. The van der Waals surface area contributed by atoms with Gasteiger partial charge in [-0.2, -0.15) is 17.0 Å². The van der Waals surface area contributed by atoms with Gasteiger partial charge >= 0.3 is 0 Å². The Labute approximate surface area is 95.3 Å². The molecule has 86 valence electrons. The van der Waals surface area contributed by atoms with E-state index in [9.17, 15) is 4.79 Å². The van der Waals surface area contributed by atoms with Crippen molar-refractivity contribution in [3.05, 3.63) is 0 Å². The predicted octanol–water partition coefficient (Wildman–Crippen LogP) is 0.863. The third kappa shape index (κ3) is 7.23. The fraction of sp³-hybridized carbons (Fsp3) is 0.800. The average Bonchev–Trinajstić information content (AvgIpc) is 2.25. The van der Waals surface area contributed by atoms with Crippen molar-refractivity contribution in [3.63, 3.8) is 0 Å². The maximum absolute atomic E-state index is 11.5. The van der Waals surface area contributed by atoms with Crippen molar-refractivity contribution in [3.8, 4) is 6.07 Å². The van der Waals surface area contributed by atoms with Crippen LogP contribution in [0.5, 0.6) is 0 Å². The van der Waals surface area contributed by atoms with Crippen LogP contribution in [0.3, 0.4) is 0 Å². The highest BCUT2D eigenvalue weighted by Gasteiger charge is 2.08. The molecule has 1 atom stereocenters. The lowest BCUT2D eigenvalue weighted by molar-refractivity contribution is -0.129. The Morgan fingerprint density at radius 3 is 2.87 bits per heavy atom. The molecule has 0 spiro atoms. The molecule has 0 rings (SSSR count). The quantitative estimate of drug-likeness (QED) is 0.704. The number of aliphatic hydroxyl groups is 1. The van der Waals surface area contributed by atoms with Gasteiger partial charge in [-0.15, -0.1) is 0 Å². The summed E-state index contributed by atoms with van der Waals surface area (Å²) in [6.45, 7) is 2.56. The van der Waals surface area contributed by atoms with Gasteiger partial charge in [-0.1, -0.05) is 6.92 Å². The van der Waals surface area contributed by atoms with E-state index in [1.54, 1.807) is 23.7 Å². The van der Waals surface area contributed by atoms with Crippen LogP contribution < -0.4 is 0 Å². The van der Waals surface area contributed by atoms with Gasteiger partial charge in [0.15, 0.2) is 0 Å². The summed E-state index contributed by atoms with van der Waals surface area (Å²) in [6.07, 6.45) is 0.847. The van der Waals surface area contributed by atoms with E-state index in [4.69, 9.17) is 10.4 Å². The summed E-state index contributed by atoms with van der Waals surface area (Å²) in [5, 5.41) is 17.3. The van der Waals surface area contributed by atoms with Gasteiger partial charge in [-0.05, 0) is 0 Å². The normalized spacial score (nSPS) is 11.9. The van der Waals surface area contributed by atoms with Gasteiger partial charge in [0.2, 0.25) is 5.91 Å². The average molecular weight is 230 g/mol. The Morgan fingerprint density at radius 1 is 1.67 bits per heavy atom. The molecule has 0 aromatic carbocycles. The molecule has 0 aliphatic heterocycles. The van der Waals surface area contributed by atoms with Crippen LogP contribution in [0.4, 0.5) is 0 Å². The second-order valence-corrected chi connectivity index (χ2v) is 4.88. The minimum atomic E-state index is 0.0582. The zero-order valence-electron chi connectivity index (χ0n) is 9.27. The maximum atomic E-state index is 11.5. The molecular weight excluding hydrogens is 212 g/mol. The van der Waals surface area contributed by atoms with Gasteiger partial charge in [0.05, 0.1) is 19.1 Å². The van der Waals surface area contributed by atoms with Crippen LogP contribution in [0.25, 0.3) is 0 Å². The summed E-state index contributed by atoms with van der Waals surface area (Å²) >= 11 is 1.58. The Bertz CT molecular complexity index is 228. The summed E-state index contributed by atoms with van der Waals surface area (Å²) in [5.74, 6) is 0.778. The van der Waals surface area contributed by atoms with Crippen LogP contribution in [0.2, 0.25) is 0 Å². The summed E-state index contributed by atoms with van der Waals surface area (Å²) in [5.41, 5.74) is 0. The highest BCUT2D eigenvalue weighted by atomic mass is 32.2. The number of amides is 1. The zero-order valence-corrected chi connectivity index (χ0v) is 10.1. The van der Waals surface area contributed by atoms with Crippen LogP contribution in [0.1, 0.15) is 19.8 Å². The first kappa shape index (κ1) is 14.3. The molecule has 4 nitrogen and oxygen atoms in total. The molecule has 1 N–H and O–H groups in total. The maximum Gasteiger partial charge on any atom is 0.223 e. The molecule has 0 fully saturated rings. The highest BCUT2D eigenvalue weighted by molar-refractivity contribution is 7.99. The lowest BCUT2D eigenvalue weighted by Crippen LogP contribution is -2.27. The molecule has 0 aromatic rings. The molecule has 0 radical (unpaired) electrons. The predicted molar refractivity (Wildman–Crippen MR) is 61.5 cm³/mol. The Hall–Kier alpha value is -0.730. The van der Waals surface area contributed by atoms with Gasteiger partial charge in [-0.3, -0.25) is 4.79 Å². The van der Waals surface area contributed by atoms with E-state index < -0.39 is 0 Å². The fourth-order valence-electron chi connectivity index (χ4n) is 0.933. The van der Waals surface area contributed by atoms with E-state index in [2.05, 4.69) is 0 Å². The first-order chi connectivity index (χ1) is 7.11. The molecule has 1 unspecified atom stereocenters.